The van der Waals surface area contributed by atoms with E-state index >= 15 is 0 Å². The minimum Gasteiger partial charge on any atom is -0.496 e. The molecule has 0 aliphatic rings. The molecule has 1 aromatic carbocycles. The van der Waals surface area contributed by atoms with Crippen molar-refractivity contribution < 1.29 is 32.0 Å². The van der Waals surface area contributed by atoms with Gasteiger partial charge in [-0.15, -0.1) is 0 Å². The summed E-state index contributed by atoms with van der Waals surface area (Å²) in [6.45, 7) is 4.47. The third-order valence-corrected chi connectivity index (χ3v) is 3.83. The van der Waals surface area contributed by atoms with Crippen molar-refractivity contribution in [1.82, 2.24) is 0 Å². The van der Waals surface area contributed by atoms with Crippen molar-refractivity contribution in [2.75, 3.05) is 27.9 Å². The summed E-state index contributed by atoms with van der Waals surface area (Å²) in [5, 5.41) is 0. The van der Waals surface area contributed by atoms with Gasteiger partial charge in [0, 0.05) is 0 Å². The number of ether oxygens (including phenoxy) is 4. The molecule has 0 fully saturated rings. The Morgan fingerprint density at radius 2 is 1.70 bits per heavy atom. The maximum Gasteiger partial charge on any atom is 0.409 e. The topological polar surface area (TPSA) is 72.5 Å². The highest BCUT2D eigenvalue weighted by Gasteiger charge is 2.22. The Hall–Kier alpha value is -1.60. The molecule has 1 aromatic rings. The first-order chi connectivity index (χ1) is 13.0. The molecular formula is C17H24O7Si3. The average Bonchev–Trinajstić information content (AvgIpc) is 2.66. The van der Waals surface area contributed by atoms with Crippen molar-refractivity contribution >= 4 is 42.7 Å². The summed E-state index contributed by atoms with van der Waals surface area (Å²) in [4.78, 5) is 12.2. The first-order valence-electron chi connectivity index (χ1n) is 7.99. The molecule has 0 aliphatic heterocycles. The van der Waals surface area contributed by atoms with Gasteiger partial charge in [-0.05, 0) is 24.5 Å². The summed E-state index contributed by atoms with van der Waals surface area (Å²) in [5.74, 6) is 0.805. The van der Waals surface area contributed by atoms with E-state index in [1.165, 1.54) is 14.2 Å². The molecule has 0 saturated carbocycles. The van der Waals surface area contributed by atoms with Crippen molar-refractivity contribution in [3.63, 3.8) is 0 Å². The van der Waals surface area contributed by atoms with Gasteiger partial charge >= 0.3 is 16.0 Å². The SMILES string of the molecule is COC(C(=O)OCCC(C)C)=C(OC)c1ccccc1OC.[Si]O[Si]O[Si]. The van der Waals surface area contributed by atoms with Gasteiger partial charge in [-0.25, -0.2) is 4.79 Å². The summed E-state index contributed by atoms with van der Waals surface area (Å²) in [6, 6.07) is 7.24. The fourth-order valence-electron chi connectivity index (χ4n) is 1.90. The smallest absolute Gasteiger partial charge is 0.409 e. The standard InChI is InChI=1S/C17H24O5.O2Si3/c1-12(2)10-11-22-17(18)16(21-5)15(20-4)13-8-6-7-9-14(13)19-3;3-1-5-2-4/h6-9,12H,10-11H2,1-5H3;. The predicted octanol–water partition coefficient (Wildman–Crippen LogP) is 1.97. The molecule has 1 rings (SSSR count). The summed E-state index contributed by atoms with van der Waals surface area (Å²) in [6.07, 6.45) is 0.791. The Labute approximate surface area is 170 Å². The Bertz CT molecular complexity index is 577. The monoisotopic (exact) mass is 424 g/mol. The molecule has 0 spiro atoms. The highest BCUT2D eigenvalue weighted by molar-refractivity contribution is 6.33. The lowest BCUT2D eigenvalue weighted by molar-refractivity contribution is -0.142. The molecule has 0 amide bonds. The third-order valence-electron chi connectivity index (χ3n) is 3.16. The van der Waals surface area contributed by atoms with Gasteiger partial charge in [0.15, 0.2) is 5.76 Å². The van der Waals surface area contributed by atoms with Crippen LogP contribution in [0.3, 0.4) is 0 Å². The van der Waals surface area contributed by atoms with Crippen LogP contribution in [0, 0.1) is 5.92 Å². The van der Waals surface area contributed by atoms with E-state index in [1.807, 2.05) is 12.1 Å². The van der Waals surface area contributed by atoms with Crippen LogP contribution in [0.25, 0.3) is 5.76 Å². The van der Waals surface area contributed by atoms with Crippen molar-refractivity contribution in [2.24, 2.45) is 5.92 Å². The number of carbonyl (C=O) groups excluding carboxylic acids is 1. The zero-order valence-corrected chi connectivity index (χ0v) is 19.2. The van der Waals surface area contributed by atoms with E-state index in [4.69, 9.17) is 18.9 Å². The highest BCUT2D eigenvalue weighted by Crippen LogP contribution is 2.29. The number of para-hydroxylation sites is 1. The fraction of sp³-hybridized carbons (Fsp3) is 0.471. The van der Waals surface area contributed by atoms with Crippen molar-refractivity contribution in [3.05, 3.63) is 35.6 Å². The predicted molar refractivity (Wildman–Crippen MR) is 104 cm³/mol. The van der Waals surface area contributed by atoms with Gasteiger partial charge < -0.3 is 27.2 Å². The van der Waals surface area contributed by atoms with Crippen LogP contribution in [-0.4, -0.2) is 64.9 Å². The van der Waals surface area contributed by atoms with E-state index in [1.54, 1.807) is 19.2 Å². The van der Waals surface area contributed by atoms with Crippen molar-refractivity contribution in [1.29, 1.82) is 0 Å². The lowest BCUT2D eigenvalue weighted by Crippen LogP contribution is -2.14. The van der Waals surface area contributed by atoms with Gasteiger partial charge in [-0.1, -0.05) is 26.0 Å². The second-order valence-corrected chi connectivity index (χ2v) is 7.17. The molecule has 0 heterocycles. The van der Waals surface area contributed by atoms with Gasteiger partial charge in [0.1, 0.15) is 5.75 Å². The first kappa shape index (κ1) is 25.4. The second-order valence-electron chi connectivity index (χ2n) is 5.37. The largest absolute Gasteiger partial charge is 0.496 e. The maximum absolute atomic E-state index is 12.2. The summed E-state index contributed by atoms with van der Waals surface area (Å²) in [7, 11) is 9.88. The van der Waals surface area contributed by atoms with E-state index in [9.17, 15) is 4.79 Å². The van der Waals surface area contributed by atoms with Crippen LogP contribution in [0.4, 0.5) is 0 Å². The quantitative estimate of drug-likeness (QED) is 0.246. The molecule has 10 heteroatoms. The van der Waals surface area contributed by atoms with Gasteiger partial charge in [0.05, 0.1) is 33.5 Å². The van der Waals surface area contributed by atoms with E-state index in [2.05, 4.69) is 43.0 Å². The molecule has 0 bridgehead atoms. The number of hydrogen-bond acceptors (Lipinski definition) is 7. The van der Waals surface area contributed by atoms with Crippen molar-refractivity contribution in [3.8, 4) is 5.75 Å². The Kier molecular flexibility index (Phi) is 14.5. The molecule has 0 aliphatic carbocycles. The normalized spacial score (nSPS) is 11.1. The van der Waals surface area contributed by atoms with E-state index in [-0.39, 0.29) is 21.5 Å². The second kappa shape index (κ2) is 15.5. The van der Waals surface area contributed by atoms with Gasteiger partial charge in [0.2, 0.25) is 26.7 Å². The Balaban J connectivity index is 0.00000119. The molecule has 0 aromatic heterocycles. The number of hydrogen-bond donors (Lipinski definition) is 0. The average molecular weight is 425 g/mol. The lowest BCUT2D eigenvalue weighted by Gasteiger charge is -2.15. The number of methoxy groups -OCH3 is 3. The lowest BCUT2D eigenvalue weighted by atomic mass is 10.1. The van der Waals surface area contributed by atoms with Crippen LogP contribution >= 0.6 is 0 Å². The van der Waals surface area contributed by atoms with Crippen molar-refractivity contribution in [2.45, 2.75) is 20.3 Å². The molecule has 0 saturated heterocycles. The zero-order chi connectivity index (χ0) is 20.7. The molecule has 0 atom stereocenters. The van der Waals surface area contributed by atoms with Crippen LogP contribution in [0.1, 0.15) is 25.8 Å². The minimum absolute atomic E-state index is 0.0238. The Morgan fingerprint density at radius 1 is 1.07 bits per heavy atom. The first-order valence-corrected chi connectivity index (χ1v) is 9.62. The van der Waals surface area contributed by atoms with Gasteiger partial charge in [-0.2, -0.15) is 0 Å². The fourth-order valence-corrected chi connectivity index (χ4v) is 2.44. The number of carbonyl (C=O) groups is 1. The van der Waals surface area contributed by atoms with E-state index < -0.39 is 5.97 Å². The Morgan fingerprint density at radius 3 is 2.15 bits per heavy atom. The van der Waals surface area contributed by atoms with E-state index in [0.29, 0.717) is 23.8 Å². The van der Waals surface area contributed by atoms with Gasteiger partial charge in [-0.3, -0.25) is 0 Å². The van der Waals surface area contributed by atoms with Crippen LogP contribution in [0.2, 0.25) is 0 Å². The molecular weight excluding hydrogens is 400 g/mol. The maximum atomic E-state index is 12.2. The van der Waals surface area contributed by atoms with E-state index in [0.717, 1.165) is 6.42 Å². The summed E-state index contributed by atoms with van der Waals surface area (Å²) < 4.78 is 29.6. The number of rotatable bonds is 10. The molecule has 146 valence electrons. The third kappa shape index (κ3) is 9.77. The van der Waals surface area contributed by atoms with Crippen LogP contribution in [0.15, 0.2) is 30.0 Å². The molecule has 7 nitrogen and oxygen atoms in total. The minimum atomic E-state index is -0.550. The summed E-state index contributed by atoms with van der Waals surface area (Å²) >= 11 is 0. The summed E-state index contributed by atoms with van der Waals surface area (Å²) in [5.41, 5.74) is 0.630. The molecule has 27 heavy (non-hydrogen) atoms. The van der Waals surface area contributed by atoms with Crippen LogP contribution < -0.4 is 4.74 Å². The van der Waals surface area contributed by atoms with Crippen LogP contribution in [0.5, 0.6) is 5.75 Å². The molecule has 0 unspecified atom stereocenters. The molecule has 8 radical (unpaired) electrons. The molecule has 0 N–H and O–H groups in total. The van der Waals surface area contributed by atoms with Gasteiger partial charge in [0.25, 0.3) is 0 Å². The van der Waals surface area contributed by atoms with Crippen LogP contribution in [-0.2, 0) is 27.2 Å². The highest BCUT2D eigenvalue weighted by atomic mass is 28.3. The number of benzene rings is 1. The number of esters is 1. The zero-order valence-electron chi connectivity index (χ0n) is 16.2.